The molecule has 0 bridgehead atoms. The summed E-state index contributed by atoms with van der Waals surface area (Å²) in [5.74, 6) is -0.554. The van der Waals surface area contributed by atoms with E-state index >= 15 is 0 Å². The van der Waals surface area contributed by atoms with Crippen molar-refractivity contribution < 1.29 is 9.59 Å². The summed E-state index contributed by atoms with van der Waals surface area (Å²) in [7, 11) is 0. The number of hydrogen-bond donors (Lipinski definition) is 1. The van der Waals surface area contributed by atoms with Gasteiger partial charge >= 0.3 is 0 Å². The van der Waals surface area contributed by atoms with Gasteiger partial charge < -0.3 is 10.6 Å². The first-order valence-electron chi connectivity index (χ1n) is 7.49. The van der Waals surface area contributed by atoms with Crippen LogP contribution in [0.2, 0.25) is 0 Å². The number of primary amides is 1. The number of hydrogen-bond acceptors (Lipinski definition) is 2. The minimum absolute atomic E-state index is 0.140. The minimum Gasteiger partial charge on any atom is -0.370 e. The molecular weight excluding hydrogens is 288 g/mol. The number of carbonyl (C=O) groups is 2. The highest BCUT2D eigenvalue weighted by Gasteiger charge is 2.12. The molecule has 0 radical (unpaired) electrons. The molecule has 0 fully saturated rings. The van der Waals surface area contributed by atoms with E-state index in [0.717, 1.165) is 11.1 Å². The lowest BCUT2D eigenvalue weighted by Crippen LogP contribution is -2.32. The predicted octanol–water partition coefficient (Wildman–Crippen LogP) is 2.60. The van der Waals surface area contributed by atoms with Crippen LogP contribution in [0.25, 0.3) is 6.08 Å². The summed E-state index contributed by atoms with van der Waals surface area (Å²) in [5, 5.41) is 0. The monoisotopic (exact) mass is 308 g/mol. The molecule has 0 saturated carbocycles. The van der Waals surface area contributed by atoms with E-state index in [0.29, 0.717) is 13.1 Å². The Morgan fingerprint density at radius 3 is 2.17 bits per heavy atom. The fourth-order valence-corrected chi connectivity index (χ4v) is 2.15. The van der Waals surface area contributed by atoms with Gasteiger partial charge in [0.25, 0.3) is 0 Å². The van der Waals surface area contributed by atoms with Crippen LogP contribution in [-0.2, 0) is 16.1 Å². The van der Waals surface area contributed by atoms with Gasteiger partial charge in [-0.25, -0.2) is 0 Å². The van der Waals surface area contributed by atoms with Crippen molar-refractivity contribution in [3.8, 4) is 0 Å². The second-order valence-electron chi connectivity index (χ2n) is 5.21. The molecule has 2 aromatic carbocycles. The highest BCUT2D eigenvalue weighted by atomic mass is 16.2. The number of rotatable bonds is 7. The molecule has 0 atom stereocenters. The van der Waals surface area contributed by atoms with Crippen LogP contribution in [0.3, 0.4) is 0 Å². The van der Waals surface area contributed by atoms with Crippen molar-refractivity contribution in [2.24, 2.45) is 5.73 Å². The number of carbonyl (C=O) groups excluding carboxylic acids is 2. The predicted molar refractivity (Wildman–Crippen MR) is 91.1 cm³/mol. The van der Waals surface area contributed by atoms with E-state index in [1.807, 2.05) is 60.7 Å². The molecule has 4 heteroatoms. The molecule has 2 amide bonds. The zero-order chi connectivity index (χ0) is 16.5. The molecule has 4 nitrogen and oxygen atoms in total. The van der Waals surface area contributed by atoms with Crippen LogP contribution < -0.4 is 5.73 Å². The van der Waals surface area contributed by atoms with Crippen molar-refractivity contribution in [2.75, 3.05) is 6.54 Å². The van der Waals surface area contributed by atoms with Crippen LogP contribution in [0.1, 0.15) is 17.5 Å². The smallest absolute Gasteiger partial charge is 0.246 e. The largest absolute Gasteiger partial charge is 0.370 e. The summed E-state index contributed by atoms with van der Waals surface area (Å²) >= 11 is 0. The molecule has 0 aliphatic heterocycles. The van der Waals surface area contributed by atoms with Gasteiger partial charge in [0, 0.05) is 25.6 Å². The Labute approximate surface area is 136 Å². The molecule has 0 saturated heterocycles. The van der Waals surface area contributed by atoms with Crippen LogP contribution in [0, 0.1) is 0 Å². The molecule has 0 heterocycles. The van der Waals surface area contributed by atoms with Gasteiger partial charge in [-0.2, -0.15) is 0 Å². The van der Waals surface area contributed by atoms with Crippen LogP contribution in [0.15, 0.2) is 66.7 Å². The van der Waals surface area contributed by atoms with Gasteiger partial charge in [0.2, 0.25) is 11.8 Å². The van der Waals surface area contributed by atoms with Gasteiger partial charge in [-0.05, 0) is 17.2 Å². The molecule has 0 spiro atoms. The minimum atomic E-state index is -0.414. The molecule has 2 N–H and O–H groups in total. The maximum absolute atomic E-state index is 12.4. The van der Waals surface area contributed by atoms with Gasteiger partial charge in [0.05, 0.1) is 0 Å². The summed E-state index contributed by atoms with van der Waals surface area (Å²) < 4.78 is 0. The topological polar surface area (TPSA) is 63.4 Å². The quantitative estimate of drug-likeness (QED) is 0.799. The van der Waals surface area contributed by atoms with E-state index in [1.54, 1.807) is 11.0 Å². The normalized spacial score (nSPS) is 10.6. The van der Waals surface area contributed by atoms with E-state index in [1.165, 1.54) is 6.08 Å². The van der Waals surface area contributed by atoms with E-state index in [2.05, 4.69) is 0 Å². The number of nitrogens with two attached hydrogens (primary N) is 1. The summed E-state index contributed by atoms with van der Waals surface area (Å²) in [5.41, 5.74) is 7.17. The van der Waals surface area contributed by atoms with Crippen LogP contribution >= 0.6 is 0 Å². The molecule has 2 rings (SSSR count). The second kappa shape index (κ2) is 8.54. The van der Waals surface area contributed by atoms with Gasteiger partial charge in [-0.3, -0.25) is 9.59 Å². The third kappa shape index (κ3) is 5.79. The zero-order valence-electron chi connectivity index (χ0n) is 12.9. The fraction of sp³-hybridized carbons (Fsp3) is 0.158. The Bertz CT molecular complexity index is 666. The lowest BCUT2D eigenvalue weighted by Gasteiger charge is -2.20. The van der Waals surface area contributed by atoms with Crippen molar-refractivity contribution in [3.05, 3.63) is 77.9 Å². The molecule has 0 unspecified atom stereocenters. The lowest BCUT2D eigenvalue weighted by molar-refractivity contribution is -0.127. The standard InChI is InChI=1S/C19H20N2O2/c20-18(22)13-14-21(15-17-9-5-2-6-10-17)19(23)12-11-16-7-3-1-4-8-16/h1-12H,13-15H2,(H2,20,22). The number of amides is 2. The average molecular weight is 308 g/mol. The highest BCUT2D eigenvalue weighted by molar-refractivity contribution is 5.92. The highest BCUT2D eigenvalue weighted by Crippen LogP contribution is 2.08. The second-order valence-corrected chi connectivity index (χ2v) is 5.21. The van der Waals surface area contributed by atoms with E-state index in [-0.39, 0.29) is 12.3 Å². The molecule has 23 heavy (non-hydrogen) atoms. The molecule has 118 valence electrons. The zero-order valence-corrected chi connectivity index (χ0v) is 12.9. The molecule has 0 aliphatic carbocycles. The van der Waals surface area contributed by atoms with E-state index < -0.39 is 5.91 Å². The third-order valence-corrected chi connectivity index (χ3v) is 3.37. The first kappa shape index (κ1) is 16.5. The Morgan fingerprint density at radius 2 is 1.57 bits per heavy atom. The maximum Gasteiger partial charge on any atom is 0.246 e. The summed E-state index contributed by atoms with van der Waals surface area (Å²) in [4.78, 5) is 25.1. The molecule has 0 aromatic heterocycles. The van der Waals surface area contributed by atoms with Gasteiger partial charge in [-0.1, -0.05) is 60.7 Å². The van der Waals surface area contributed by atoms with Crippen molar-refractivity contribution in [1.82, 2.24) is 4.90 Å². The SMILES string of the molecule is NC(=O)CCN(Cc1ccccc1)C(=O)C=Cc1ccccc1. The van der Waals surface area contributed by atoms with Gasteiger partial charge in [0.15, 0.2) is 0 Å². The van der Waals surface area contributed by atoms with Crippen molar-refractivity contribution >= 4 is 17.9 Å². The average Bonchev–Trinajstić information content (AvgIpc) is 2.58. The summed E-state index contributed by atoms with van der Waals surface area (Å²) in [6.07, 6.45) is 3.45. The molecule has 2 aromatic rings. The molecule has 0 aliphatic rings. The lowest BCUT2D eigenvalue weighted by atomic mass is 10.2. The van der Waals surface area contributed by atoms with E-state index in [9.17, 15) is 9.59 Å². The van der Waals surface area contributed by atoms with Crippen molar-refractivity contribution in [2.45, 2.75) is 13.0 Å². The van der Waals surface area contributed by atoms with Crippen LogP contribution in [0.4, 0.5) is 0 Å². The third-order valence-electron chi connectivity index (χ3n) is 3.37. The fourth-order valence-electron chi connectivity index (χ4n) is 2.15. The number of benzene rings is 2. The Balaban J connectivity index is 2.07. The maximum atomic E-state index is 12.4. The van der Waals surface area contributed by atoms with Crippen molar-refractivity contribution in [3.63, 3.8) is 0 Å². The first-order valence-corrected chi connectivity index (χ1v) is 7.49. The summed E-state index contributed by atoms with van der Waals surface area (Å²) in [6.45, 7) is 0.758. The van der Waals surface area contributed by atoms with E-state index in [4.69, 9.17) is 5.73 Å². The Kier molecular flexibility index (Phi) is 6.12. The number of nitrogens with zero attached hydrogens (tertiary/aromatic N) is 1. The first-order chi connectivity index (χ1) is 11.1. The van der Waals surface area contributed by atoms with Crippen LogP contribution in [-0.4, -0.2) is 23.3 Å². The molecular formula is C19H20N2O2. The Morgan fingerprint density at radius 1 is 0.957 bits per heavy atom. The van der Waals surface area contributed by atoms with Crippen LogP contribution in [0.5, 0.6) is 0 Å². The summed E-state index contributed by atoms with van der Waals surface area (Å²) in [6, 6.07) is 19.3. The Hall–Kier alpha value is -2.88. The van der Waals surface area contributed by atoms with Crippen molar-refractivity contribution in [1.29, 1.82) is 0 Å². The van der Waals surface area contributed by atoms with Gasteiger partial charge in [-0.15, -0.1) is 0 Å². The van der Waals surface area contributed by atoms with Gasteiger partial charge in [0.1, 0.15) is 0 Å².